The van der Waals surface area contributed by atoms with Gasteiger partial charge in [0, 0.05) is 27.9 Å². The number of aliphatic hydroxyl groups excluding tert-OH is 1. The normalized spacial score (nSPS) is 28.3. The SMILES string of the molecule is COC(c1ccccc1)C(O)[C@H]1O[C@](N2CC(C)(C(OC)c3ccccc3)C(=O)NC2=O)([N+](C)(C)C)C[C@@]1(O)C(OC)c1ccccc1.[Br-]. The number of hydrogen-bond donors (Lipinski definition) is 3. The van der Waals surface area contributed by atoms with E-state index >= 15 is 0 Å². The number of carbonyl (C=O) groups is 2. The van der Waals surface area contributed by atoms with Crippen LogP contribution >= 0.6 is 0 Å². The van der Waals surface area contributed by atoms with Crippen molar-refractivity contribution < 1.29 is 60.2 Å². The molecule has 0 aliphatic carbocycles. The van der Waals surface area contributed by atoms with E-state index in [9.17, 15) is 19.8 Å². The van der Waals surface area contributed by atoms with E-state index in [0.717, 1.165) is 5.56 Å². The van der Waals surface area contributed by atoms with Crippen LogP contribution in [0.4, 0.5) is 4.79 Å². The lowest BCUT2D eigenvalue weighted by Gasteiger charge is -2.53. The van der Waals surface area contributed by atoms with Crippen LogP contribution in [0.3, 0.4) is 0 Å². The molecule has 2 saturated heterocycles. The molecule has 5 unspecified atom stereocenters. The van der Waals surface area contributed by atoms with Crippen molar-refractivity contribution in [2.45, 2.75) is 55.3 Å². The molecule has 0 spiro atoms. The number of benzene rings is 3. The number of hydrogen-bond acceptors (Lipinski definition) is 8. The maximum atomic E-state index is 14.1. The molecular formula is C37H48BrN3O8. The zero-order valence-corrected chi connectivity index (χ0v) is 30.7. The van der Waals surface area contributed by atoms with Gasteiger partial charge in [-0.15, -0.1) is 0 Å². The fraction of sp³-hybridized carbons (Fsp3) is 0.459. The fourth-order valence-electron chi connectivity index (χ4n) is 7.53. The molecule has 3 N–H and O–H groups in total. The molecule has 2 fully saturated rings. The summed E-state index contributed by atoms with van der Waals surface area (Å²) in [4.78, 5) is 29.2. The first-order chi connectivity index (χ1) is 22.8. The van der Waals surface area contributed by atoms with Crippen LogP contribution in [0.5, 0.6) is 0 Å². The van der Waals surface area contributed by atoms with E-state index in [2.05, 4.69) is 5.32 Å². The zero-order valence-electron chi connectivity index (χ0n) is 29.1. The Labute approximate surface area is 299 Å². The molecule has 11 nitrogen and oxygen atoms in total. The molecule has 8 atom stereocenters. The Balaban J connectivity index is 0.00000541. The van der Waals surface area contributed by atoms with Crippen LogP contribution in [0.2, 0.25) is 0 Å². The van der Waals surface area contributed by atoms with Gasteiger partial charge in [0.2, 0.25) is 5.91 Å². The second kappa shape index (κ2) is 15.0. The molecule has 3 aromatic rings. The first kappa shape index (κ1) is 38.6. The molecule has 12 heteroatoms. The van der Waals surface area contributed by atoms with Crippen molar-refractivity contribution in [1.29, 1.82) is 0 Å². The van der Waals surface area contributed by atoms with Gasteiger partial charge in [0.15, 0.2) is 0 Å². The summed E-state index contributed by atoms with van der Waals surface area (Å²) in [7, 11) is 10.0. The van der Waals surface area contributed by atoms with E-state index in [4.69, 9.17) is 18.9 Å². The number of halogens is 1. The van der Waals surface area contributed by atoms with Gasteiger partial charge in [0.25, 0.3) is 5.85 Å². The van der Waals surface area contributed by atoms with Crippen molar-refractivity contribution in [2.75, 3.05) is 49.0 Å². The lowest BCUT2D eigenvalue weighted by molar-refractivity contribution is -0.963. The van der Waals surface area contributed by atoms with Gasteiger partial charge in [0.1, 0.15) is 30.0 Å². The van der Waals surface area contributed by atoms with Gasteiger partial charge in [0.05, 0.1) is 39.1 Å². The number of nitrogens with one attached hydrogen (secondary N) is 1. The number of ether oxygens (including phenoxy) is 4. The molecular weight excluding hydrogens is 694 g/mol. The molecule has 266 valence electrons. The molecule has 2 heterocycles. The average molecular weight is 743 g/mol. The van der Waals surface area contributed by atoms with Crippen LogP contribution in [0.25, 0.3) is 0 Å². The van der Waals surface area contributed by atoms with Crippen molar-refractivity contribution in [2.24, 2.45) is 5.41 Å². The second-order valence-electron chi connectivity index (χ2n) is 13.8. The molecule has 0 bridgehead atoms. The lowest BCUT2D eigenvalue weighted by Crippen LogP contribution is -3.00. The minimum absolute atomic E-state index is 0. The number of urea groups is 1. The van der Waals surface area contributed by atoms with Crippen LogP contribution < -0.4 is 22.3 Å². The fourth-order valence-corrected chi connectivity index (χ4v) is 7.53. The maximum Gasteiger partial charge on any atom is 0.330 e. The van der Waals surface area contributed by atoms with Crippen LogP contribution in [-0.4, -0.2) is 104 Å². The standard InChI is InChI=1S/C37H47N3O8.BrH/c1-35(30(46-6)26-19-13-9-14-20-26)24-39(34(43)38-33(35)42)37(40(2,3)4)23-36(44,31(47-7)27-21-15-10-16-22-27)32(48-37)28(41)29(45-5)25-17-11-8-12-18-25;/h8-22,28-32,41,44H,23-24H2,1-7H3;1H/t28?,29?,30?,31?,32-,35?,36-,37-;/m1./s1. The second-order valence-corrected chi connectivity index (χ2v) is 13.8. The summed E-state index contributed by atoms with van der Waals surface area (Å²) < 4.78 is 24.8. The molecule has 2 aliphatic heterocycles. The summed E-state index contributed by atoms with van der Waals surface area (Å²) in [5.41, 5.74) is -1.10. The van der Waals surface area contributed by atoms with Gasteiger partial charge >= 0.3 is 6.03 Å². The third kappa shape index (κ3) is 6.81. The number of imide groups is 1. The van der Waals surface area contributed by atoms with Gasteiger partial charge in [-0.25, -0.2) is 9.69 Å². The smallest absolute Gasteiger partial charge is 0.330 e. The highest BCUT2D eigenvalue weighted by Gasteiger charge is 2.72. The summed E-state index contributed by atoms with van der Waals surface area (Å²) in [6.07, 6.45) is -5.57. The van der Waals surface area contributed by atoms with E-state index in [-0.39, 0.29) is 34.4 Å². The molecule has 2 aliphatic rings. The molecule has 3 aromatic carbocycles. The van der Waals surface area contributed by atoms with Crippen LogP contribution in [0.15, 0.2) is 91.0 Å². The quantitative estimate of drug-likeness (QED) is 0.235. The third-order valence-corrected chi connectivity index (χ3v) is 9.97. The molecule has 5 rings (SSSR count). The van der Waals surface area contributed by atoms with Gasteiger partial charge < -0.3 is 41.4 Å². The number of quaternary nitrogens is 1. The summed E-state index contributed by atoms with van der Waals surface area (Å²) in [5, 5.41) is 27.8. The summed E-state index contributed by atoms with van der Waals surface area (Å²) in [5.74, 6) is -2.12. The Hall–Kier alpha value is -3.20. The topological polar surface area (TPSA) is 127 Å². The van der Waals surface area contributed by atoms with Gasteiger partial charge in [-0.3, -0.25) is 19.3 Å². The van der Waals surface area contributed by atoms with Crippen molar-refractivity contribution in [1.82, 2.24) is 10.2 Å². The highest BCUT2D eigenvalue weighted by Crippen LogP contribution is 2.54. The average Bonchev–Trinajstić information content (AvgIpc) is 3.40. The summed E-state index contributed by atoms with van der Waals surface area (Å²) in [6, 6.07) is 27.0. The number of aliphatic hydroxyl groups is 2. The van der Waals surface area contributed by atoms with E-state index in [0.29, 0.717) is 11.1 Å². The van der Waals surface area contributed by atoms with Crippen molar-refractivity contribution in [3.63, 3.8) is 0 Å². The van der Waals surface area contributed by atoms with E-state index in [1.54, 1.807) is 6.92 Å². The molecule has 0 radical (unpaired) electrons. The predicted octanol–water partition coefficient (Wildman–Crippen LogP) is 0.953. The van der Waals surface area contributed by atoms with Crippen LogP contribution in [0.1, 0.15) is 48.3 Å². The number of amides is 3. The monoisotopic (exact) mass is 741 g/mol. The van der Waals surface area contributed by atoms with E-state index < -0.39 is 59.3 Å². The largest absolute Gasteiger partial charge is 1.00 e. The Bertz CT molecular complexity index is 1560. The Kier molecular flexibility index (Phi) is 11.8. The van der Waals surface area contributed by atoms with Crippen LogP contribution in [0, 0.1) is 5.41 Å². The highest BCUT2D eigenvalue weighted by molar-refractivity contribution is 6.00. The number of methoxy groups -OCH3 is 3. The molecule has 49 heavy (non-hydrogen) atoms. The number of nitrogens with zero attached hydrogens (tertiary/aromatic N) is 2. The molecule has 3 amide bonds. The minimum atomic E-state index is -1.91. The van der Waals surface area contributed by atoms with Crippen molar-refractivity contribution in [3.05, 3.63) is 108 Å². The Morgan fingerprint density at radius 1 is 0.816 bits per heavy atom. The zero-order chi connectivity index (χ0) is 34.9. The maximum absolute atomic E-state index is 14.1. The highest BCUT2D eigenvalue weighted by atomic mass is 79.9. The number of carbonyl (C=O) groups excluding carboxylic acids is 2. The van der Waals surface area contributed by atoms with Gasteiger partial charge in [-0.2, -0.15) is 0 Å². The first-order valence-corrected chi connectivity index (χ1v) is 16.0. The summed E-state index contributed by atoms with van der Waals surface area (Å²) >= 11 is 0. The van der Waals surface area contributed by atoms with E-state index in [1.807, 2.05) is 112 Å². The third-order valence-electron chi connectivity index (χ3n) is 9.97. The van der Waals surface area contributed by atoms with Crippen molar-refractivity contribution in [3.8, 4) is 0 Å². The predicted molar refractivity (Wildman–Crippen MR) is 178 cm³/mol. The first-order valence-electron chi connectivity index (χ1n) is 16.0. The number of rotatable bonds is 12. The van der Waals surface area contributed by atoms with Crippen molar-refractivity contribution >= 4 is 11.9 Å². The van der Waals surface area contributed by atoms with E-state index in [1.165, 1.54) is 26.2 Å². The van der Waals surface area contributed by atoms with Crippen LogP contribution in [-0.2, 0) is 23.7 Å². The Morgan fingerprint density at radius 3 is 1.73 bits per heavy atom. The van der Waals surface area contributed by atoms with Gasteiger partial charge in [-0.05, 0) is 23.6 Å². The molecule has 0 saturated carbocycles. The minimum Gasteiger partial charge on any atom is -1.00 e. The lowest BCUT2D eigenvalue weighted by atomic mass is 9.76. The Morgan fingerprint density at radius 2 is 1.29 bits per heavy atom. The van der Waals surface area contributed by atoms with Gasteiger partial charge in [-0.1, -0.05) is 91.0 Å². The molecule has 0 aromatic heterocycles. The summed E-state index contributed by atoms with van der Waals surface area (Å²) in [6.45, 7) is 1.63.